The Kier molecular flexibility index (Phi) is 4.55. The monoisotopic (exact) mass is 273 g/mol. The van der Waals surface area contributed by atoms with Gasteiger partial charge in [0, 0.05) is 0 Å². The van der Waals surface area contributed by atoms with Crippen molar-refractivity contribution in [2.75, 3.05) is 0 Å². The lowest BCUT2D eigenvalue weighted by Gasteiger charge is -2.20. The molecule has 4 heteroatoms. The van der Waals surface area contributed by atoms with E-state index < -0.39 is 0 Å². The summed E-state index contributed by atoms with van der Waals surface area (Å²) in [5.74, 6) is 1.23. The second kappa shape index (κ2) is 6.18. The van der Waals surface area contributed by atoms with Gasteiger partial charge in [0.15, 0.2) is 5.82 Å². The van der Waals surface area contributed by atoms with E-state index in [1.165, 1.54) is 0 Å². The SMILES string of the molecule is CCCC[C@H](N)c1nc(C(C)(C)c2ccccc2)no1. The van der Waals surface area contributed by atoms with E-state index in [9.17, 15) is 0 Å². The van der Waals surface area contributed by atoms with Crippen molar-refractivity contribution in [3.05, 3.63) is 47.6 Å². The van der Waals surface area contributed by atoms with Crippen LogP contribution in [0.3, 0.4) is 0 Å². The lowest BCUT2D eigenvalue weighted by atomic mass is 9.84. The van der Waals surface area contributed by atoms with Crippen LogP contribution in [0.25, 0.3) is 0 Å². The molecule has 2 N–H and O–H groups in total. The second-order valence-electron chi connectivity index (χ2n) is 5.70. The van der Waals surface area contributed by atoms with Gasteiger partial charge in [-0.25, -0.2) is 0 Å². The van der Waals surface area contributed by atoms with E-state index in [0.29, 0.717) is 11.7 Å². The van der Waals surface area contributed by atoms with Crippen LogP contribution < -0.4 is 5.73 Å². The number of unbranched alkanes of at least 4 members (excludes halogenated alkanes) is 1. The number of hydrogen-bond donors (Lipinski definition) is 1. The standard InChI is InChI=1S/C16H23N3O/c1-4-5-11-13(17)14-18-15(19-20-14)16(2,3)12-9-7-6-8-10-12/h6-10,13H,4-5,11,17H2,1-3H3/t13-/m0/s1. The highest BCUT2D eigenvalue weighted by Crippen LogP contribution is 2.29. The molecule has 0 unspecified atom stereocenters. The molecule has 0 aliphatic heterocycles. The average molecular weight is 273 g/mol. The molecule has 2 aromatic rings. The Morgan fingerprint density at radius 2 is 1.95 bits per heavy atom. The molecule has 0 aliphatic rings. The zero-order valence-electron chi connectivity index (χ0n) is 12.5. The number of rotatable bonds is 6. The number of nitrogens with two attached hydrogens (primary N) is 1. The van der Waals surface area contributed by atoms with Gasteiger partial charge < -0.3 is 10.3 Å². The van der Waals surface area contributed by atoms with Gasteiger partial charge in [-0.05, 0) is 25.8 Å². The molecule has 0 radical (unpaired) electrons. The summed E-state index contributed by atoms with van der Waals surface area (Å²) in [4.78, 5) is 4.51. The quantitative estimate of drug-likeness (QED) is 0.873. The summed E-state index contributed by atoms with van der Waals surface area (Å²) in [6, 6.07) is 10.0. The fourth-order valence-electron chi connectivity index (χ4n) is 2.17. The predicted octanol–water partition coefficient (Wildman–Crippen LogP) is 3.59. The van der Waals surface area contributed by atoms with Crippen LogP contribution in [0.5, 0.6) is 0 Å². The lowest BCUT2D eigenvalue weighted by molar-refractivity contribution is 0.338. The van der Waals surface area contributed by atoms with Gasteiger partial charge in [-0.3, -0.25) is 0 Å². The molecule has 1 aromatic heterocycles. The minimum Gasteiger partial charge on any atom is -0.338 e. The van der Waals surface area contributed by atoms with Crippen LogP contribution in [0.2, 0.25) is 0 Å². The van der Waals surface area contributed by atoms with Gasteiger partial charge in [0.05, 0.1) is 11.5 Å². The Bertz CT molecular complexity index is 534. The normalized spacial score (nSPS) is 13.4. The van der Waals surface area contributed by atoms with E-state index >= 15 is 0 Å². The predicted molar refractivity (Wildman–Crippen MR) is 79.3 cm³/mol. The van der Waals surface area contributed by atoms with Crippen molar-refractivity contribution in [3.8, 4) is 0 Å². The van der Waals surface area contributed by atoms with Crippen molar-refractivity contribution in [2.45, 2.75) is 51.5 Å². The number of aromatic nitrogens is 2. The fourth-order valence-corrected chi connectivity index (χ4v) is 2.17. The zero-order valence-corrected chi connectivity index (χ0v) is 12.5. The topological polar surface area (TPSA) is 64.9 Å². The van der Waals surface area contributed by atoms with Crippen LogP contribution in [0.15, 0.2) is 34.9 Å². The van der Waals surface area contributed by atoms with E-state index in [0.717, 1.165) is 24.8 Å². The Morgan fingerprint density at radius 1 is 1.25 bits per heavy atom. The summed E-state index contributed by atoms with van der Waals surface area (Å²) in [7, 11) is 0. The largest absolute Gasteiger partial charge is 0.338 e. The molecule has 2 rings (SSSR count). The molecule has 0 amide bonds. The van der Waals surface area contributed by atoms with Gasteiger partial charge in [-0.2, -0.15) is 4.98 Å². The van der Waals surface area contributed by atoms with Gasteiger partial charge in [0.2, 0.25) is 5.89 Å². The van der Waals surface area contributed by atoms with E-state index in [1.54, 1.807) is 0 Å². The Morgan fingerprint density at radius 3 is 2.60 bits per heavy atom. The Balaban J connectivity index is 2.19. The van der Waals surface area contributed by atoms with Crippen LogP contribution in [0, 0.1) is 0 Å². The highest BCUT2D eigenvalue weighted by Gasteiger charge is 2.29. The summed E-state index contributed by atoms with van der Waals surface area (Å²) in [5, 5.41) is 4.13. The maximum absolute atomic E-state index is 6.08. The van der Waals surface area contributed by atoms with Crippen LogP contribution in [0.4, 0.5) is 0 Å². The molecule has 0 fully saturated rings. The first-order valence-electron chi connectivity index (χ1n) is 7.21. The molecule has 0 saturated heterocycles. The molecule has 108 valence electrons. The summed E-state index contributed by atoms with van der Waals surface area (Å²) in [6.45, 7) is 6.33. The van der Waals surface area contributed by atoms with Crippen LogP contribution in [-0.2, 0) is 5.41 Å². The molecule has 0 bridgehead atoms. The maximum atomic E-state index is 6.08. The van der Waals surface area contributed by atoms with Gasteiger partial charge >= 0.3 is 0 Å². The van der Waals surface area contributed by atoms with Crippen molar-refractivity contribution in [2.24, 2.45) is 5.73 Å². The van der Waals surface area contributed by atoms with Crippen LogP contribution in [-0.4, -0.2) is 10.1 Å². The maximum Gasteiger partial charge on any atom is 0.243 e. The molecular weight excluding hydrogens is 250 g/mol. The molecule has 1 atom stereocenters. The number of hydrogen-bond acceptors (Lipinski definition) is 4. The van der Waals surface area contributed by atoms with Crippen molar-refractivity contribution in [3.63, 3.8) is 0 Å². The number of nitrogens with zero attached hydrogens (tertiary/aromatic N) is 2. The molecule has 0 aliphatic carbocycles. The van der Waals surface area contributed by atoms with Gasteiger partial charge in [-0.1, -0.05) is 55.3 Å². The third kappa shape index (κ3) is 3.07. The van der Waals surface area contributed by atoms with Crippen molar-refractivity contribution >= 4 is 0 Å². The van der Waals surface area contributed by atoms with E-state index in [2.05, 4.69) is 43.0 Å². The third-order valence-electron chi connectivity index (χ3n) is 3.68. The smallest absolute Gasteiger partial charge is 0.243 e. The first-order chi connectivity index (χ1) is 9.55. The van der Waals surface area contributed by atoms with Crippen molar-refractivity contribution in [1.82, 2.24) is 10.1 Å². The fraction of sp³-hybridized carbons (Fsp3) is 0.500. The molecule has 0 spiro atoms. The zero-order chi connectivity index (χ0) is 14.6. The summed E-state index contributed by atoms with van der Waals surface area (Å²) >= 11 is 0. The molecule has 1 heterocycles. The van der Waals surface area contributed by atoms with Crippen LogP contribution in [0.1, 0.15) is 63.4 Å². The summed E-state index contributed by atoms with van der Waals surface area (Å²) in [6.07, 6.45) is 3.06. The second-order valence-corrected chi connectivity index (χ2v) is 5.70. The van der Waals surface area contributed by atoms with E-state index in [-0.39, 0.29) is 11.5 Å². The molecule has 4 nitrogen and oxygen atoms in total. The number of benzene rings is 1. The van der Waals surface area contributed by atoms with Gasteiger partial charge in [0.25, 0.3) is 0 Å². The van der Waals surface area contributed by atoms with E-state index in [4.69, 9.17) is 10.3 Å². The lowest BCUT2D eigenvalue weighted by Crippen LogP contribution is -2.21. The average Bonchev–Trinajstić information content (AvgIpc) is 2.96. The minimum absolute atomic E-state index is 0.164. The van der Waals surface area contributed by atoms with Gasteiger partial charge in [0.1, 0.15) is 0 Å². The highest BCUT2D eigenvalue weighted by atomic mass is 16.5. The van der Waals surface area contributed by atoms with Crippen LogP contribution >= 0.6 is 0 Å². The highest BCUT2D eigenvalue weighted by molar-refractivity contribution is 5.30. The minimum atomic E-state index is -0.284. The summed E-state index contributed by atoms with van der Waals surface area (Å²) in [5.41, 5.74) is 6.96. The first kappa shape index (κ1) is 14.7. The molecular formula is C16H23N3O. The molecule has 0 saturated carbocycles. The van der Waals surface area contributed by atoms with Crippen molar-refractivity contribution < 1.29 is 4.52 Å². The van der Waals surface area contributed by atoms with E-state index in [1.807, 2.05) is 18.2 Å². The Labute approximate surface area is 120 Å². The van der Waals surface area contributed by atoms with Crippen molar-refractivity contribution in [1.29, 1.82) is 0 Å². The molecule has 20 heavy (non-hydrogen) atoms. The molecule has 1 aromatic carbocycles. The Hall–Kier alpha value is -1.68. The summed E-state index contributed by atoms with van der Waals surface area (Å²) < 4.78 is 5.35. The van der Waals surface area contributed by atoms with Gasteiger partial charge in [-0.15, -0.1) is 0 Å². The third-order valence-corrected chi connectivity index (χ3v) is 3.68. The first-order valence-corrected chi connectivity index (χ1v) is 7.21.